The van der Waals surface area contributed by atoms with Gasteiger partial charge in [-0.15, -0.1) is 35.3 Å². The van der Waals surface area contributed by atoms with Crippen molar-refractivity contribution in [2.45, 2.75) is 46.1 Å². The van der Waals surface area contributed by atoms with Crippen molar-refractivity contribution in [3.8, 4) is 0 Å². The van der Waals surface area contributed by atoms with Gasteiger partial charge in [-0.2, -0.15) is 0 Å². The van der Waals surface area contributed by atoms with Crippen LogP contribution in [0.15, 0.2) is 46.8 Å². The molecule has 3 N–H and O–H groups in total. The van der Waals surface area contributed by atoms with E-state index in [1.54, 1.807) is 18.4 Å². The second kappa shape index (κ2) is 12.2. The van der Waals surface area contributed by atoms with Gasteiger partial charge in [-0.3, -0.25) is 9.79 Å². The predicted molar refractivity (Wildman–Crippen MR) is 135 cm³/mol. The first-order chi connectivity index (χ1) is 13.4. The summed E-state index contributed by atoms with van der Waals surface area (Å²) < 4.78 is 0. The van der Waals surface area contributed by atoms with Crippen molar-refractivity contribution < 1.29 is 4.79 Å². The minimum atomic E-state index is 0. The number of carbonyl (C=O) groups excluding carboxylic acids is 1. The molecule has 1 amide bonds. The van der Waals surface area contributed by atoms with E-state index in [4.69, 9.17) is 0 Å². The highest BCUT2D eigenvalue weighted by molar-refractivity contribution is 14.0. The molecule has 1 aromatic heterocycles. The van der Waals surface area contributed by atoms with E-state index in [0.29, 0.717) is 6.54 Å². The SMILES string of the molecule is CCC(C)C(=O)Nc1cccc(CNC(=NC)NCC(C)(C)c2cccs2)c1.I. The molecule has 29 heavy (non-hydrogen) atoms. The van der Waals surface area contributed by atoms with Gasteiger partial charge in [0.05, 0.1) is 0 Å². The summed E-state index contributed by atoms with van der Waals surface area (Å²) in [5.41, 5.74) is 1.94. The summed E-state index contributed by atoms with van der Waals surface area (Å²) in [6, 6.07) is 12.2. The van der Waals surface area contributed by atoms with Gasteiger partial charge in [0.1, 0.15) is 0 Å². The smallest absolute Gasteiger partial charge is 0.227 e. The molecule has 160 valence electrons. The minimum absolute atomic E-state index is 0. The second-order valence-electron chi connectivity index (χ2n) is 7.64. The lowest BCUT2D eigenvalue weighted by atomic mass is 9.91. The number of benzene rings is 1. The number of thiophene rings is 1. The van der Waals surface area contributed by atoms with Crippen LogP contribution in [0.5, 0.6) is 0 Å². The lowest BCUT2D eigenvalue weighted by Gasteiger charge is -2.25. The van der Waals surface area contributed by atoms with Crippen LogP contribution < -0.4 is 16.0 Å². The molecule has 0 aliphatic heterocycles. The van der Waals surface area contributed by atoms with Crippen LogP contribution in [0.25, 0.3) is 0 Å². The zero-order valence-electron chi connectivity index (χ0n) is 17.9. The van der Waals surface area contributed by atoms with Crippen LogP contribution in [0.4, 0.5) is 5.69 Å². The van der Waals surface area contributed by atoms with Gasteiger partial charge in [-0.1, -0.05) is 45.9 Å². The average molecular weight is 529 g/mol. The van der Waals surface area contributed by atoms with Crippen molar-refractivity contribution in [2.24, 2.45) is 10.9 Å². The van der Waals surface area contributed by atoms with E-state index in [-0.39, 0.29) is 41.2 Å². The van der Waals surface area contributed by atoms with Crippen molar-refractivity contribution >= 4 is 52.9 Å². The van der Waals surface area contributed by atoms with Crippen LogP contribution in [0.1, 0.15) is 44.6 Å². The second-order valence-corrected chi connectivity index (χ2v) is 8.59. The number of nitrogens with one attached hydrogen (secondary N) is 3. The number of nitrogens with zero attached hydrogens (tertiary/aromatic N) is 1. The van der Waals surface area contributed by atoms with E-state index >= 15 is 0 Å². The normalized spacial score (nSPS) is 12.7. The van der Waals surface area contributed by atoms with E-state index in [1.807, 2.05) is 38.1 Å². The molecular weight excluding hydrogens is 495 g/mol. The van der Waals surface area contributed by atoms with Crippen molar-refractivity contribution in [3.05, 3.63) is 52.2 Å². The molecule has 0 aliphatic carbocycles. The van der Waals surface area contributed by atoms with Crippen LogP contribution >= 0.6 is 35.3 Å². The van der Waals surface area contributed by atoms with Crippen LogP contribution in [-0.4, -0.2) is 25.5 Å². The van der Waals surface area contributed by atoms with Crippen LogP contribution in [0.2, 0.25) is 0 Å². The van der Waals surface area contributed by atoms with Crippen molar-refractivity contribution in [2.75, 3.05) is 18.9 Å². The van der Waals surface area contributed by atoms with Crippen LogP contribution in [0, 0.1) is 5.92 Å². The fourth-order valence-corrected chi connectivity index (χ4v) is 3.52. The Labute approximate surface area is 195 Å². The highest BCUT2D eigenvalue weighted by Gasteiger charge is 2.21. The molecule has 0 aliphatic rings. The molecule has 1 heterocycles. The number of hydrogen-bond donors (Lipinski definition) is 3. The first-order valence-electron chi connectivity index (χ1n) is 9.74. The number of amides is 1. The van der Waals surface area contributed by atoms with Crippen molar-refractivity contribution in [1.82, 2.24) is 10.6 Å². The van der Waals surface area contributed by atoms with Crippen molar-refractivity contribution in [1.29, 1.82) is 0 Å². The maximum atomic E-state index is 12.1. The lowest BCUT2D eigenvalue weighted by Crippen LogP contribution is -2.42. The first kappa shape index (κ1) is 25.4. The Morgan fingerprint density at radius 1 is 1.21 bits per heavy atom. The van der Waals surface area contributed by atoms with Crippen LogP contribution in [-0.2, 0) is 16.8 Å². The number of hydrogen-bond acceptors (Lipinski definition) is 3. The third-order valence-electron chi connectivity index (χ3n) is 4.82. The number of halogens is 1. The Balaban J connectivity index is 0.00000420. The Hall–Kier alpha value is -1.61. The summed E-state index contributed by atoms with van der Waals surface area (Å²) in [7, 11) is 1.77. The van der Waals surface area contributed by atoms with Gasteiger partial charge in [-0.25, -0.2) is 0 Å². The van der Waals surface area contributed by atoms with E-state index in [0.717, 1.165) is 30.2 Å². The molecule has 2 rings (SSSR count). The summed E-state index contributed by atoms with van der Waals surface area (Å²) in [6.07, 6.45) is 0.830. The Bertz CT molecular complexity index is 790. The molecule has 0 saturated heterocycles. The molecule has 0 bridgehead atoms. The Morgan fingerprint density at radius 3 is 2.59 bits per heavy atom. The molecule has 7 heteroatoms. The largest absolute Gasteiger partial charge is 0.356 e. The van der Waals surface area contributed by atoms with Gasteiger partial charge in [0, 0.05) is 42.0 Å². The third kappa shape index (κ3) is 7.97. The van der Waals surface area contributed by atoms with E-state index in [9.17, 15) is 4.79 Å². The van der Waals surface area contributed by atoms with Gasteiger partial charge >= 0.3 is 0 Å². The molecule has 0 fully saturated rings. The minimum Gasteiger partial charge on any atom is -0.356 e. The standard InChI is InChI=1S/C22H32N4OS.HI/c1-6-16(2)20(27)26-18-10-7-9-17(13-18)14-24-21(23-5)25-15-22(3,4)19-11-8-12-28-19;/h7-13,16H,6,14-15H2,1-5H3,(H,26,27)(H2,23,24,25);1H. The van der Waals surface area contributed by atoms with Gasteiger partial charge < -0.3 is 16.0 Å². The summed E-state index contributed by atoms with van der Waals surface area (Å²) in [6.45, 7) is 9.83. The fourth-order valence-electron chi connectivity index (χ4n) is 2.67. The molecular formula is C22H33IN4OS. The number of rotatable bonds is 8. The Morgan fingerprint density at radius 2 is 1.97 bits per heavy atom. The summed E-state index contributed by atoms with van der Waals surface area (Å²) in [5, 5.41) is 11.9. The van der Waals surface area contributed by atoms with Crippen LogP contribution in [0.3, 0.4) is 0 Å². The number of aliphatic imine (C=N–C) groups is 1. The molecule has 1 aromatic carbocycles. The molecule has 0 radical (unpaired) electrons. The topological polar surface area (TPSA) is 65.5 Å². The van der Waals surface area contributed by atoms with Gasteiger partial charge in [0.2, 0.25) is 5.91 Å². The lowest BCUT2D eigenvalue weighted by molar-refractivity contribution is -0.119. The van der Waals surface area contributed by atoms with E-state index < -0.39 is 0 Å². The highest BCUT2D eigenvalue weighted by Crippen LogP contribution is 2.26. The molecule has 0 saturated carbocycles. The van der Waals surface area contributed by atoms with Gasteiger partial charge in [-0.05, 0) is 35.6 Å². The molecule has 1 atom stereocenters. The summed E-state index contributed by atoms with van der Waals surface area (Å²) in [4.78, 5) is 17.8. The zero-order chi connectivity index (χ0) is 20.6. The number of anilines is 1. The van der Waals surface area contributed by atoms with Gasteiger partial charge in [0.25, 0.3) is 0 Å². The number of carbonyl (C=O) groups is 1. The zero-order valence-corrected chi connectivity index (χ0v) is 21.1. The maximum absolute atomic E-state index is 12.1. The fraction of sp³-hybridized carbons (Fsp3) is 0.455. The average Bonchev–Trinajstić information content (AvgIpc) is 3.23. The summed E-state index contributed by atoms with van der Waals surface area (Å²) >= 11 is 1.77. The monoisotopic (exact) mass is 528 g/mol. The quantitative estimate of drug-likeness (QED) is 0.257. The molecule has 0 spiro atoms. The maximum Gasteiger partial charge on any atom is 0.227 e. The summed E-state index contributed by atoms with van der Waals surface area (Å²) in [5.74, 6) is 0.830. The van der Waals surface area contributed by atoms with E-state index in [1.165, 1.54) is 4.88 Å². The van der Waals surface area contributed by atoms with E-state index in [2.05, 4.69) is 52.3 Å². The predicted octanol–water partition coefficient (Wildman–Crippen LogP) is 4.99. The molecule has 5 nitrogen and oxygen atoms in total. The number of guanidine groups is 1. The first-order valence-corrected chi connectivity index (χ1v) is 10.6. The molecule has 2 aromatic rings. The molecule has 1 unspecified atom stereocenters. The Kier molecular flexibility index (Phi) is 10.7. The third-order valence-corrected chi connectivity index (χ3v) is 6.06. The highest BCUT2D eigenvalue weighted by atomic mass is 127. The van der Waals surface area contributed by atoms with Gasteiger partial charge in [0.15, 0.2) is 5.96 Å². The van der Waals surface area contributed by atoms with Crippen molar-refractivity contribution in [3.63, 3.8) is 0 Å².